The smallest absolute Gasteiger partial charge is 0.420 e. The van der Waals surface area contributed by atoms with Gasteiger partial charge in [0.15, 0.2) is 16.7 Å². The third-order valence-corrected chi connectivity index (χ3v) is 6.46. The van der Waals surface area contributed by atoms with Crippen molar-refractivity contribution < 1.29 is 32.2 Å². The first-order valence-corrected chi connectivity index (χ1v) is 11.8. The van der Waals surface area contributed by atoms with Crippen LogP contribution in [0.5, 0.6) is 17.2 Å². The van der Waals surface area contributed by atoms with Crippen molar-refractivity contribution >= 4 is 28.9 Å². The van der Waals surface area contributed by atoms with Crippen LogP contribution in [0.15, 0.2) is 46.3 Å². The first-order valence-electron chi connectivity index (χ1n) is 11.0. The molecule has 0 bridgehead atoms. The summed E-state index contributed by atoms with van der Waals surface area (Å²) in [4.78, 5) is 19.1. The lowest BCUT2D eigenvalue weighted by Crippen LogP contribution is -2.47. The maximum absolute atomic E-state index is 13.5. The fourth-order valence-corrected chi connectivity index (χ4v) is 4.84. The average Bonchev–Trinajstić information content (AvgIpc) is 3.19. The quantitative estimate of drug-likeness (QED) is 0.498. The summed E-state index contributed by atoms with van der Waals surface area (Å²) in [5.74, 6) is -0.601. The van der Waals surface area contributed by atoms with Crippen molar-refractivity contribution in [2.24, 2.45) is 4.99 Å². The molecule has 188 valence electrons. The summed E-state index contributed by atoms with van der Waals surface area (Å²) in [5.41, 5.74) is -0.616. The molecule has 11 heteroatoms. The number of thioether (sulfide) groups is 1. The zero-order valence-electron chi connectivity index (χ0n) is 19.6. The van der Waals surface area contributed by atoms with Crippen LogP contribution in [0.4, 0.5) is 13.2 Å². The molecule has 2 aliphatic heterocycles. The van der Waals surface area contributed by atoms with Gasteiger partial charge in [0.1, 0.15) is 5.75 Å². The van der Waals surface area contributed by atoms with E-state index in [9.17, 15) is 18.0 Å². The molecule has 1 amide bonds. The first kappa shape index (κ1) is 25.6. The predicted octanol–water partition coefficient (Wildman–Crippen LogP) is 5.46. The summed E-state index contributed by atoms with van der Waals surface area (Å²) in [5, 5.41) is 9.56. The number of alkyl halides is 3. The molecule has 0 radical (unpaired) electrons. The van der Waals surface area contributed by atoms with E-state index in [1.807, 2.05) is 18.7 Å². The van der Waals surface area contributed by atoms with Crippen LogP contribution in [0.2, 0.25) is 0 Å². The second-order valence-electron chi connectivity index (χ2n) is 8.31. The number of carbonyl (C=O) groups excluding carboxylic acids is 1. The van der Waals surface area contributed by atoms with Gasteiger partial charge < -0.3 is 19.1 Å². The Kier molecular flexibility index (Phi) is 7.28. The van der Waals surface area contributed by atoms with Gasteiger partial charge in [-0.25, -0.2) is 0 Å². The van der Waals surface area contributed by atoms with Gasteiger partial charge in [0.25, 0.3) is 5.91 Å². The zero-order chi connectivity index (χ0) is 26.0. The Morgan fingerprint density at radius 3 is 2.47 bits per heavy atom. The summed E-state index contributed by atoms with van der Waals surface area (Å²) < 4.78 is 57.1. The predicted molar refractivity (Wildman–Crippen MR) is 129 cm³/mol. The van der Waals surface area contributed by atoms with Crippen LogP contribution in [0.3, 0.4) is 0 Å². The molecule has 0 saturated carbocycles. The lowest BCUT2D eigenvalue weighted by atomic mass is 10.1. The van der Waals surface area contributed by atoms with Gasteiger partial charge in [-0.15, -0.1) is 0 Å². The highest BCUT2D eigenvalue weighted by molar-refractivity contribution is 8.18. The van der Waals surface area contributed by atoms with Crippen LogP contribution in [-0.2, 0) is 15.7 Å². The van der Waals surface area contributed by atoms with Crippen molar-refractivity contribution in [2.75, 3.05) is 20.2 Å². The van der Waals surface area contributed by atoms with E-state index in [0.717, 1.165) is 12.1 Å². The SMILES string of the molecule is COc1cc(/C=C2\SC(N3CC(C)OC(C)C3)=NC2=O)ccc1Oc1ccc(C#N)cc1C(F)(F)F. The Labute approximate surface area is 210 Å². The number of halogens is 3. The van der Waals surface area contributed by atoms with Crippen molar-refractivity contribution in [1.82, 2.24) is 4.90 Å². The summed E-state index contributed by atoms with van der Waals surface area (Å²) in [7, 11) is 1.36. The molecule has 2 aromatic rings. The third kappa shape index (κ3) is 5.66. The molecule has 0 aliphatic carbocycles. The minimum atomic E-state index is -4.71. The van der Waals surface area contributed by atoms with Gasteiger partial charge >= 0.3 is 6.18 Å². The maximum atomic E-state index is 13.5. The number of carbonyl (C=O) groups is 1. The fourth-order valence-electron chi connectivity index (χ4n) is 3.91. The Hall–Kier alpha value is -3.49. The number of benzene rings is 2. The van der Waals surface area contributed by atoms with Crippen LogP contribution in [0, 0.1) is 11.3 Å². The molecule has 0 aromatic heterocycles. The number of nitriles is 1. The highest BCUT2D eigenvalue weighted by Crippen LogP contribution is 2.41. The third-order valence-electron chi connectivity index (χ3n) is 5.42. The Morgan fingerprint density at radius 2 is 1.83 bits per heavy atom. The minimum absolute atomic E-state index is 0.0194. The summed E-state index contributed by atoms with van der Waals surface area (Å²) in [6.07, 6.45) is -3.03. The van der Waals surface area contributed by atoms with E-state index < -0.39 is 17.5 Å². The van der Waals surface area contributed by atoms with Crippen molar-refractivity contribution in [2.45, 2.75) is 32.2 Å². The molecular formula is C25H22F3N3O4S. The molecular weight excluding hydrogens is 495 g/mol. The summed E-state index contributed by atoms with van der Waals surface area (Å²) in [6, 6.07) is 9.38. The second-order valence-corrected chi connectivity index (χ2v) is 9.31. The van der Waals surface area contributed by atoms with Gasteiger partial charge in [-0.05, 0) is 67.6 Å². The Bertz CT molecular complexity index is 1280. The number of nitrogens with zero attached hydrogens (tertiary/aromatic N) is 3. The lowest BCUT2D eigenvalue weighted by Gasteiger charge is -2.35. The number of hydrogen-bond acceptors (Lipinski definition) is 7. The topological polar surface area (TPSA) is 84.2 Å². The molecule has 2 unspecified atom stereocenters. The zero-order valence-corrected chi connectivity index (χ0v) is 20.4. The maximum Gasteiger partial charge on any atom is 0.420 e. The van der Waals surface area contributed by atoms with E-state index in [-0.39, 0.29) is 35.2 Å². The van der Waals surface area contributed by atoms with Crippen LogP contribution in [-0.4, -0.2) is 48.4 Å². The lowest BCUT2D eigenvalue weighted by molar-refractivity contribution is -0.138. The summed E-state index contributed by atoms with van der Waals surface area (Å²) in [6.45, 7) is 5.19. The molecule has 7 nitrogen and oxygen atoms in total. The van der Waals surface area contributed by atoms with Gasteiger partial charge in [-0.3, -0.25) is 4.79 Å². The number of rotatable bonds is 4. The van der Waals surface area contributed by atoms with Gasteiger partial charge in [-0.2, -0.15) is 23.4 Å². The average molecular weight is 518 g/mol. The molecule has 0 N–H and O–H groups in total. The van der Waals surface area contributed by atoms with Gasteiger partial charge in [0, 0.05) is 13.1 Å². The first-order chi connectivity index (χ1) is 17.1. The van der Waals surface area contributed by atoms with Crippen LogP contribution in [0.25, 0.3) is 6.08 Å². The number of methoxy groups -OCH3 is 1. The molecule has 2 heterocycles. The van der Waals surface area contributed by atoms with E-state index in [1.54, 1.807) is 24.3 Å². The molecule has 2 aliphatic rings. The fraction of sp³-hybridized carbons (Fsp3) is 0.320. The van der Waals surface area contributed by atoms with Gasteiger partial charge in [0.2, 0.25) is 0 Å². The standard InChI is InChI=1S/C25H22F3N3O4S/c1-14-12-31(13-15(2)34-14)24-30-23(32)22(36-24)10-16-4-7-20(21(9-16)33-3)35-19-6-5-17(11-29)8-18(19)25(26,27)28/h4-10,14-15H,12-13H2,1-3H3/b22-10-. The molecule has 2 atom stereocenters. The Balaban J connectivity index is 1.55. The monoisotopic (exact) mass is 517 g/mol. The molecule has 1 fully saturated rings. The van der Waals surface area contributed by atoms with E-state index in [1.165, 1.54) is 31.0 Å². The highest BCUT2D eigenvalue weighted by Gasteiger charge is 2.35. The molecule has 1 saturated heterocycles. The van der Waals surface area contributed by atoms with Crippen molar-refractivity contribution in [1.29, 1.82) is 5.26 Å². The molecule has 2 aromatic carbocycles. The number of ether oxygens (including phenoxy) is 3. The molecule has 4 rings (SSSR count). The van der Waals surface area contributed by atoms with E-state index in [0.29, 0.717) is 28.7 Å². The summed E-state index contributed by atoms with van der Waals surface area (Å²) >= 11 is 1.26. The largest absolute Gasteiger partial charge is 0.493 e. The van der Waals surface area contributed by atoms with Crippen molar-refractivity contribution in [3.63, 3.8) is 0 Å². The number of morpholine rings is 1. The van der Waals surface area contributed by atoms with Crippen molar-refractivity contribution in [3.05, 3.63) is 58.0 Å². The highest BCUT2D eigenvalue weighted by atomic mass is 32.2. The van der Waals surface area contributed by atoms with Gasteiger partial charge in [-0.1, -0.05) is 6.07 Å². The molecule has 0 spiro atoms. The normalized spacial score (nSPS) is 21.4. The van der Waals surface area contributed by atoms with Crippen LogP contribution in [0.1, 0.15) is 30.5 Å². The number of amidine groups is 1. The van der Waals surface area contributed by atoms with Gasteiger partial charge in [0.05, 0.1) is 41.4 Å². The van der Waals surface area contributed by atoms with E-state index in [4.69, 9.17) is 19.5 Å². The molecule has 36 heavy (non-hydrogen) atoms. The van der Waals surface area contributed by atoms with Crippen LogP contribution >= 0.6 is 11.8 Å². The minimum Gasteiger partial charge on any atom is -0.493 e. The van der Waals surface area contributed by atoms with E-state index in [2.05, 4.69) is 4.99 Å². The number of amides is 1. The Morgan fingerprint density at radius 1 is 1.14 bits per heavy atom. The van der Waals surface area contributed by atoms with Crippen LogP contribution < -0.4 is 9.47 Å². The number of aliphatic imine (C=N–C) groups is 1. The van der Waals surface area contributed by atoms with E-state index >= 15 is 0 Å². The second kappa shape index (κ2) is 10.2. The number of hydrogen-bond donors (Lipinski definition) is 0. The van der Waals surface area contributed by atoms with Crippen molar-refractivity contribution in [3.8, 4) is 23.3 Å².